The maximum absolute atomic E-state index is 10.1. The lowest BCUT2D eigenvalue weighted by atomic mass is 9.96. The maximum Gasteiger partial charge on any atom is 0.127 e. The summed E-state index contributed by atoms with van der Waals surface area (Å²) >= 11 is 0. The normalized spacial score (nSPS) is 17.0. The van der Waals surface area contributed by atoms with E-state index in [1.807, 2.05) is 44.3 Å². The lowest BCUT2D eigenvalue weighted by Gasteiger charge is -2.18. The Morgan fingerprint density at radius 2 is 1.89 bits per heavy atom. The molecule has 1 fully saturated rings. The molecule has 0 saturated heterocycles. The highest BCUT2D eigenvalue weighted by Gasteiger charge is 2.12. The quantitative estimate of drug-likeness (QED) is 0.844. The van der Waals surface area contributed by atoms with Crippen molar-refractivity contribution in [2.24, 2.45) is 4.99 Å². The average molecular weight is 260 g/mol. The first-order chi connectivity index (χ1) is 9.08. The van der Waals surface area contributed by atoms with Crippen molar-refractivity contribution in [2.45, 2.75) is 45.1 Å². The van der Waals surface area contributed by atoms with Crippen molar-refractivity contribution in [3.63, 3.8) is 0 Å². The summed E-state index contributed by atoms with van der Waals surface area (Å²) in [4.78, 5) is 6.70. The molecule has 0 amide bonds. The molecule has 1 aromatic carbocycles. The SMILES string of the molecule is Cc1cc(N(C)C)cc(C=NC2CCCCC2)c1O. The second-order valence-corrected chi connectivity index (χ2v) is 5.66. The second-order valence-electron chi connectivity index (χ2n) is 5.66. The Morgan fingerprint density at radius 1 is 1.21 bits per heavy atom. The van der Waals surface area contributed by atoms with E-state index >= 15 is 0 Å². The van der Waals surface area contributed by atoms with Crippen LogP contribution in [0.3, 0.4) is 0 Å². The Kier molecular flexibility index (Phi) is 4.46. The van der Waals surface area contributed by atoms with Gasteiger partial charge in [-0.2, -0.15) is 0 Å². The molecular formula is C16H24N2O. The van der Waals surface area contributed by atoms with Crippen molar-refractivity contribution in [3.05, 3.63) is 23.3 Å². The number of anilines is 1. The third-order valence-electron chi connectivity index (χ3n) is 3.83. The summed E-state index contributed by atoms with van der Waals surface area (Å²) in [5, 5.41) is 10.1. The van der Waals surface area contributed by atoms with Gasteiger partial charge in [0.05, 0.1) is 0 Å². The minimum absolute atomic E-state index is 0.352. The van der Waals surface area contributed by atoms with Crippen molar-refractivity contribution < 1.29 is 5.11 Å². The fourth-order valence-electron chi connectivity index (χ4n) is 2.56. The Hall–Kier alpha value is -1.51. The fraction of sp³-hybridized carbons (Fsp3) is 0.562. The standard InChI is InChI=1S/C16H24N2O/c1-12-9-15(18(2)3)10-13(16(12)19)11-17-14-7-5-4-6-8-14/h9-11,14,19H,4-8H2,1-3H3. The van der Waals surface area contributed by atoms with E-state index in [2.05, 4.69) is 4.99 Å². The Labute approximate surface area is 116 Å². The first-order valence-corrected chi connectivity index (χ1v) is 7.12. The monoisotopic (exact) mass is 260 g/mol. The van der Waals surface area contributed by atoms with Crippen LogP contribution in [0, 0.1) is 6.92 Å². The van der Waals surface area contributed by atoms with Crippen LogP contribution < -0.4 is 4.90 Å². The summed E-state index contributed by atoms with van der Waals surface area (Å²) in [6.07, 6.45) is 8.13. The van der Waals surface area contributed by atoms with Gasteiger partial charge >= 0.3 is 0 Å². The number of hydrogen-bond acceptors (Lipinski definition) is 3. The predicted molar refractivity (Wildman–Crippen MR) is 81.6 cm³/mol. The van der Waals surface area contributed by atoms with E-state index in [1.165, 1.54) is 32.1 Å². The van der Waals surface area contributed by atoms with Gasteiger partial charge in [0.25, 0.3) is 0 Å². The average Bonchev–Trinajstić information content (AvgIpc) is 2.41. The second kappa shape index (κ2) is 6.09. The molecule has 0 atom stereocenters. The van der Waals surface area contributed by atoms with Crippen molar-refractivity contribution in [3.8, 4) is 5.75 Å². The van der Waals surface area contributed by atoms with Gasteiger partial charge in [-0.3, -0.25) is 4.99 Å². The van der Waals surface area contributed by atoms with Gasteiger partial charge in [0, 0.05) is 37.6 Å². The maximum atomic E-state index is 10.1. The van der Waals surface area contributed by atoms with Crippen LogP contribution in [0.15, 0.2) is 17.1 Å². The topological polar surface area (TPSA) is 35.8 Å². The number of hydrogen-bond donors (Lipinski definition) is 1. The minimum atomic E-state index is 0.352. The summed E-state index contributed by atoms with van der Waals surface area (Å²) in [7, 11) is 4.02. The first-order valence-electron chi connectivity index (χ1n) is 7.12. The molecule has 1 aromatic rings. The molecule has 0 bridgehead atoms. The van der Waals surface area contributed by atoms with E-state index < -0.39 is 0 Å². The number of benzene rings is 1. The van der Waals surface area contributed by atoms with Crippen LogP contribution >= 0.6 is 0 Å². The molecule has 2 rings (SSSR count). The van der Waals surface area contributed by atoms with E-state index in [0.717, 1.165) is 16.8 Å². The molecule has 0 heterocycles. The zero-order chi connectivity index (χ0) is 13.8. The molecule has 1 N–H and O–H groups in total. The van der Waals surface area contributed by atoms with Crippen LogP contribution in [0.4, 0.5) is 5.69 Å². The molecule has 1 aliphatic carbocycles. The predicted octanol–water partition coefficient (Wildman–Crippen LogP) is 3.52. The summed E-state index contributed by atoms with van der Waals surface area (Å²) in [5.41, 5.74) is 2.82. The Bertz CT molecular complexity index is 460. The largest absolute Gasteiger partial charge is 0.507 e. The summed E-state index contributed by atoms with van der Waals surface area (Å²) < 4.78 is 0. The van der Waals surface area contributed by atoms with Crippen molar-refractivity contribution in [2.75, 3.05) is 19.0 Å². The summed E-state index contributed by atoms with van der Waals surface area (Å²) in [5.74, 6) is 0.352. The number of rotatable bonds is 3. The molecular weight excluding hydrogens is 236 g/mol. The van der Waals surface area contributed by atoms with Gasteiger partial charge in [0.15, 0.2) is 0 Å². The molecule has 3 nitrogen and oxygen atoms in total. The van der Waals surface area contributed by atoms with Crippen LogP contribution in [0.1, 0.15) is 43.2 Å². The van der Waals surface area contributed by atoms with Crippen LogP contribution in [-0.4, -0.2) is 31.5 Å². The number of phenols is 1. The lowest BCUT2D eigenvalue weighted by Crippen LogP contribution is -2.11. The summed E-state index contributed by atoms with van der Waals surface area (Å²) in [6, 6.07) is 4.43. The number of aryl methyl sites for hydroxylation is 1. The van der Waals surface area contributed by atoms with E-state index in [-0.39, 0.29) is 0 Å². The molecule has 19 heavy (non-hydrogen) atoms. The molecule has 0 radical (unpaired) electrons. The van der Waals surface area contributed by atoms with Crippen molar-refractivity contribution >= 4 is 11.9 Å². The molecule has 0 spiro atoms. The molecule has 1 saturated carbocycles. The van der Waals surface area contributed by atoms with E-state index in [1.54, 1.807) is 0 Å². The van der Waals surface area contributed by atoms with E-state index in [4.69, 9.17) is 0 Å². The third kappa shape index (κ3) is 3.49. The van der Waals surface area contributed by atoms with Gasteiger partial charge in [-0.25, -0.2) is 0 Å². The third-order valence-corrected chi connectivity index (χ3v) is 3.83. The Morgan fingerprint density at radius 3 is 2.53 bits per heavy atom. The number of aromatic hydroxyl groups is 1. The molecule has 104 valence electrons. The van der Waals surface area contributed by atoms with Crippen molar-refractivity contribution in [1.82, 2.24) is 0 Å². The Balaban J connectivity index is 2.20. The minimum Gasteiger partial charge on any atom is -0.507 e. The zero-order valence-corrected chi connectivity index (χ0v) is 12.2. The van der Waals surface area contributed by atoms with Crippen LogP contribution in [0.25, 0.3) is 0 Å². The van der Waals surface area contributed by atoms with Crippen LogP contribution in [0.2, 0.25) is 0 Å². The number of aliphatic imine (C=N–C) groups is 1. The van der Waals surface area contributed by atoms with Crippen LogP contribution in [-0.2, 0) is 0 Å². The highest BCUT2D eigenvalue weighted by molar-refractivity contribution is 5.86. The van der Waals surface area contributed by atoms with Gasteiger partial charge in [-0.15, -0.1) is 0 Å². The van der Waals surface area contributed by atoms with Crippen LogP contribution in [0.5, 0.6) is 5.75 Å². The zero-order valence-electron chi connectivity index (χ0n) is 12.2. The molecule has 1 aliphatic rings. The van der Waals surface area contributed by atoms with Gasteiger partial charge in [-0.1, -0.05) is 19.3 Å². The smallest absolute Gasteiger partial charge is 0.127 e. The van der Waals surface area contributed by atoms with Gasteiger partial charge in [0.1, 0.15) is 5.75 Å². The molecule has 0 unspecified atom stereocenters. The lowest BCUT2D eigenvalue weighted by molar-refractivity contribution is 0.444. The highest BCUT2D eigenvalue weighted by Crippen LogP contribution is 2.27. The molecule has 3 heteroatoms. The summed E-state index contributed by atoms with van der Waals surface area (Å²) in [6.45, 7) is 1.93. The van der Waals surface area contributed by atoms with Gasteiger partial charge < -0.3 is 10.0 Å². The van der Waals surface area contributed by atoms with Gasteiger partial charge in [-0.05, 0) is 37.5 Å². The molecule has 0 aromatic heterocycles. The molecule has 0 aliphatic heterocycles. The van der Waals surface area contributed by atoms with Crippen molar-refractivity contribution in [1.29, 1.82) is 0 Å². The number of nitrogens with zero attached hydrogens (tertiary/aromatic N) is 2. The van der Waals surface area contributed by atoms with Gasteiger partial charge in [0.2, 0.25) is 0 Å². The fourth-order valence-corrected chi connectivity index (χ4v) is 2.56. The van der Waals surface area contributed by atoms with E-state index in [9.17, 15) is 5.11 Å². The first kappa shape index (κ1) is 13.9. The van der Waals surface area contributed by atoms with E-state index in [0.29, 0.717) is 11.8 Å². The highest BCUT2D eigenvalue weighted by atomic mass is 16.3. The number of phenolic OH excluding ortho intramolecular Hbond substituents is 1.